The van der Waals surface area contributed by atoms with Crippen molar-refractivity contribution in [1.29, 1.82) is 0 Å². The highest BCUT2D eigenvalue weighted by atomic mass is 32.2. The summed E-state index contributed by atoms with van der Waals surface area (Å²) in [4.78, 5) is 15.9. The number of thiophene rings is 1. The quantitative estimate of drug-likeness (QED) is 0.768. The minimum atomic E-state index is -3.85. The van der Waals surface area contributed by atoms with E-state index < -0.39 is 22.0 Å². The van der Waals surface area contributed by atoms with E-state index in [9.17, 15) is 13.2 Å². The summed E-state index contributed by atoms with van der Waals surface area (Å²) in [5, 5.41) is 5.28. The Hall–Kier alpha value is -1.78. The normalized spacial score (nSPS) is 19.1. The van der Waals surface area contributed by atoms with Crippen molar-refractivity contribution in [3.63, 3.8) is 0 Å². The number of ether oxygens (including phenoxy) is 1. The van der Waals surface area contributed by atoms with Crippen molar-refractivity contribution in [3.8, 4) is 0 Å². The number of esters is 1. The van der Waals surface area contributed by atoms with Crippen LogP contribution in [-0.4, -0.2) is 42.5 Å². The molecule has 124 valence electrons. The molecule has 1 unspecified atom stereocenters. The maximum Gasteiger partial charge on any atom is 0.349 e. The molecule has 0 saturated carbocycles. The summed E-state index contributed by atoms with van der Waals surface area (Å²) >= 11 is 1.04. The summed E-state index contributed by atoms with van der Waals surface area (Å²) in [7, 11) is -2.63. The number of carbonyl (C=O) groups excluding carboxylic acids is 1. The van der Waals surface area contributed by atoms with Crippen molar-refractivity contribution >= 4 is 27.3 Å². The van der Waals surface area contributed by atoms with E-state index in [1.165, 1.54) is 17.5 Å². The van der Waals surface area contributed by atoms with Crippen molar-refractivity contribution in [2.45, 2.75) is 30.7 Å². The van der Waals surface area contributed by atoms with Crippen LogP contribution in [0.5, 0.6) is 0 Å². The van der Waals surface area contributed by atoms with Crippen molar-refractivity contribution < 1.29 is 22.5 Å². The molecule has 0 N–H and O–H groups in total. The van der Waals surface area contributed by atoms with Gasteiger partial charge in [-0.25, -0.2) is 13.2 Å². The van der Waals surface area contributed by atoms with Crippen LogP contribution in [0.1, 0.15) is 40.3 Å². The average molecular weight is 357 g/mol. The van der Waals surface area contributed by atoms with Crippen molar-refractivity contribution in [2.75, 3.05) is 13.7 Å². The molecule has 23 heavy (non-hydrogen) atoms. The first-order valence-electron chi connectivity index (χ1n) is 6.93. The highest BCUT2D eigenvalue weighted by Gasteiger charge is 2.41. The van der Waals surface area contributed by atoms with E-state index in [-0.39, 0.29) is 15.7 Å². The van der Waals surface area contributed by atoms with Crippen LogP contribution in [-0.2, 0) is 14.8 Å². The molecule has 1 atom stereocenters. The highest BCUT2D eigenvalue weighted by Crippen LogP contribution is 2.37. The Morgan fingerprint density at radius 1 is 1.52 bits per heavy atom. The molecule has 3 heterocycles. The van der Waals surface area contributed by atoms with Gasteiger partial charge in [0.15, 0.2) is 5.82 Å². The number of aromatic nitrogens is 2. The van der Waals surface area contributed by atoms with Gasteiger partial charge in [0, 0.05) is 6.54 Å². The maximum absolute atomic E-state index is 13.0. The Balaban J connectivity index is 1.99. The van der Waals surface area contributed by atoms with Crippen LogP contribution < -0.4 is 0 Å². The second-order valence-corrected chi connectivity index (χ2v) is 7.83. The van der Waals surface area contributed by atoms with Crippen LogP contribution in [0.2, 0.25) is 0 Å². The molecule has 0 spiro atoms. The Morgan fingerprint density at radius 2 is 2.30 bits per heavy atom. The molecule has 0 aromatic carbocycles. The molecule has 1 saturated heterocycles. The second kappa shape index (κ2) is 6.02. The van der Waals surface area contributed by atoms with E-state index in [0.29, 0.717) is 25.2 Å². The van der Waals surface area contributed by atoms with Gasteiger partial charge in [0.2, 0.25) is 15.9 Å². The summed E-state index contributed by atoms with van der Waals surface area (Å²) < 4.78 is 37.0. The van der Waals surface area contributed by atoms with Gasteiger partial charge in [-0.3, -0.25) is 0 Å². The molecule has 0 amide bonds. The number of carbonyl (C=O) groups is 1. The fourth-order valence-electron chi connectivity index (χ4n) is 2.59. The predicted octanol–water partition coefficient (Wildman–Crippen LogP) is 1.75. The molecule has 2 aromatic heterocycles. The number of hydrogen-bond donors (Lipinski definition) is 0. The standard InChI is InChI=1S/C13H15N3O5S2/c1-8-14-12(21-15-8)9-4-3-6-16(9)23(18,19)10-5-7-22-11(10)13(17)20-2/h5,7,9H,3-4,6H2,1-2H3. The van der Waals surface area contributed by atoms with Crippen LogP contribution in [0.3, 0.4) is 0 Å². The monoisotopic (exact) mass is 357 g/mol. The third kappa shape index (κ3) is 2.77. The minimum absolute atomic E-state index is 0.0440. The topological polar surface area (TPSA) is 103 Å². The van der Waals surface area contributed by atoms with Crippen molar-refractivity contribution in [2.24, 2.45) is 0 Å². The van der Waals surface area contributed by atoms with E-state index >= 15 is 0 Å². The molecule has 8 nitrogen and oxygen atoms in total. The first-order chi connectivity index (χ1) is 10.9. The molecular weight excluding hydrogens is 342 g/mol. The fourth-order valence-corrected chi connectivity index (χ4v) is 5.55. The largest absolute Gasteiger partial charge is 0.465 e. The lowest BCUT2D eigenvalue weighted by Crippen LogP contribution is -2.31. The first-order valence-corrected chi connectivity index (χ1v) is 9.25. The van der Waals surface area contributed by atoms with Gasteiger partial charge >= 0.3 is 5.97 Å². The summed E-state index contributed by atoms with van der Waals surface area (Å²) in [5.74, 6) is 0.0661. The lowest BCUT2D eigenvalue weighted by atomic mass is 10.2. The number of sulfonamides is 1. The van der Waals surface area contributed by atoms with Crippen LogP contribution in [0.25, 0.3) is 0 Å². The zero-order valence-electron chi connectivity index (χ0n) is 12.6. The third-order valence-corrected chi connectivity index (χ3v) is 6.59. The van der Waals surface area contributed by atoms with E-state index in [1.807, 2.05) is 0 Å². The molecule has 3 rings (SSSR count). The Labute approximate surface area is 137 Å². The second-order valence-electron chi connectivity index (χ2n) is 5.06. The van der Waals surface area contributed by atoms with Crippen LogP contribution >= 0.6 is 11.3 Å². The zero-order valence-corrected chi connectivity index (χ0v) is 14.2. The number of hydrogen-bond acceptors (Lipinski definition) is 8. The van der Waals surface area contributed by atoms with E-state index in [2.05, 4.69) is 14.9 Å². The molecule has 10 heteroatoms. The molecule has 1 fully saturated rings. The molecule has 2 aromatic rings. The Morgan fingerprint density at radius 3 is 2.96 bits per heavy atom. The first kappa shape index (κ1) is 16.1. The number of rotatable bonds is 4. The highest BCUT2D eigenvalue weighted by molar-refractivity contribution is 7.89. The lowest BCUT2D eigenvalue weighted by Gasteiger charge is -2.21. The van der Waals surface area contributed by atoms with Gasteiger partial charge in [-0.1, -0.05) is 5.16 Å². The van der Waals surface area contributed by atoms with Gasteiger partial charge in [-0.05, 0) is 31.2 Å². The minimum Gasteiger partial charge on any atom is -0.465 e. The Bertz CT molecular complexity index is 826. The maximum atomic E-state index is 13.0. The third-order valence-electron chi connectivity index (χ3n) is 3.62. The predicted molar refractivity (Wildman–Crippen MR) is 80.6 cm³/mol. The van der Waals surface area contributed by atoms with Crippen LogP contribution in [0.15, 0.2) is 20.9 Å². The van der Waals surface area contributed by atoms with Gasteiger partial charge in [-0.2, -0.15) is 9.29 Å². The summed E-state index contributed by atoms with van der Waals surface area (Å²) in [6.07, 6.45) is 1.28. The summed E-state index contributed by atoms with van der Waals surface area (Å²) in [5.41, 5.74) is 0. The van der Waals surface area contributed by atoms with Crippen molar-refractivity contribution in [3.05, 3.63) is 28.0 Å². The summed E-state index contributed by atoms with van der Waals surface area (Å²) in [6, 6.07) is 0.910. The molecule has 1 aliphatic heterocycles. The molecule has 1 aliphatic rings. The SMILES string of the molecule is COC(=O)c1sccc1S(=O)(=O)N1CCCC1c1nc(C)no1. The Kier molecular flexibility index (Phi) is 4.21. The van der Waals surface area contributed by atoms with Gasteiger partial charge in [0.1, 0.15) is 15.8 Å². The van der Waals surface area contributed by atoms with Crippen LogP contribution in [0, 0.1) is 6.92 Å². The molecule has 0 radical (unpaired) electrons. The van der Waals surface area contributed by atoms with Gasteiger partial charge in [0.25, 0.3) is 0 Å². The smallest absolute Gasteiger partial charge is 0.349 e. The fraction of sp³-hybridized carbons (Fsp3) is 0.462. The number of aryl methyl sites for hydroxylation is 1. The van der Waals surface area contributed by atoms with Crippen molar-refractivity contribution in [1.82, 2.24) is 14.4 Å². The number of nitrogens with zero attached hydrogens (tertiary/aromatic N) is 3. The van der Waals surface area contributed by atoms with E-state index in [1.54, 1.807) is 12.3 Å². The molecular formula is C13H15N3O5S2. The lowest BCUT2D eigenvalue weighted by molar-refractivity contribution is 0.0602. The molecule has 0 bridgehead atoms. The van der Waals surface area contributed by atoms with Crippen LogP contribution in [0.4, 0.5) is 0 Å². The van der Waals surface area contributed by atoms with E-state index in [0.717, 1.165) is 11.3 Å². The van der Waals surface area contributed by atoms with Gasteiger partial charge in [-0.15, -0.1) is 11.3 Å². The summed E-state index contributed by atoms with van der Waals surface area (Å²) in [6.45, 7) is 2.01. The average Bonchev–Trinajstić information content (AvgIpc) is 3.25. The molecule has 0 aliphatic carbocycles. The van der Waals surface area contributed by atoms with Gasteiger partial charge < -0.3 is 9.26 Å². The zero-order chi connectivity index (χ0) is 16.6. The number of methoxy groups -OCH3 is 1. The van der Waals surface area contributed by atoms with E-state index in [4.69, 9.17) is 4.52 Å². The van der Waals surface area contributed by atoms with Gasteiger partial charge in [0.05, 0.1) is 7.11 Å².